The second-order valence-electron chi connectivity index (χ2n) is 5.31. The molecule has 110 valence electrons. The molecule has 3 N–H and O–H groups in total. The summed E-state index contributed by atoms with van der Waals surface area (Å²) in [5.74, 6) is 0.992. The molecule has 0 atom stereocenters. The number of hydrogen-bond donors (Lipinski definition) is 2. The highest BCUT2D eigenvalue weighted by molar-refractivity contribution is 5.74. The fourth-order valence-corrected chi connectivity index (χ4v) is 2.25. The number of anilines is 1. The SMILES string of the molecule is NCCCNc1cnc(C2CC2)nc1-c1ccccc1F. The van der Waals surface area contributed by atoms with Crippen LogP contribution in [0.5, 0.6) is 0 Å². The topological polar surface area (TPSA) is 63.8 Å². The van der Waals surface area contributed by atoms with Gasteiger partial charge in [-0.15, -0.1) is 0 Å². The van der Waals surface area contributed by atoms with E-state index in [1.165, 1.54) is 6.07 Å². The van der Waals surface area contributed by atoms with Crippen molar-refractivity contribution in [1.29, 1.82) is 0 Å². The monoisotopic (exact) mass is 286 g/mol. The van der Waals surface area contributed by atoms with Crippen LogP contribution >= 0.6 is 0 Å². The smallest absolute Gasteiger partial charge is 0.132 e. The maximum absolute atomic E-state index is 14.1. The fraction of sp³-hybridized carbons (Fsp3) is 0.375. The molecule has 0 unspecified atom stereocenters. The van der Waals surface area contributed by atoms with E-state index in [0.29, 0.717) is 23.7 Å². The van der Waals surface area contributed by atoms with Gasteiger partial charge in [0.1, 0.15) is 17.3 Å². The molecule has 0 radical (unpaired) electrons. The fourth-order valence-electron chi connectivity index (χ4n) is 2.25. The maximum Gasteiger partial charge on any atom is 0.132 e. The summed E-state index contributed by atoms with van der Waals surface area (Å²) in [5, 5.41) is 3.25. The third kappa shape index (κ3) is 3.19. The van der Waals surface area contributed by atoms with E-state index < -0.39 is 0 Å². The van der Waals surface area contributed by atoms with Crippen molar-refractivity contribution in [3.05, 3.63) is 42.1 Å². The van der Waals surface area contributed by atoms with Crippen LogP contribution in [0, 0.1) is 5.82 Å². The van der Waals surface area contributed by atoms with Gasteiger partial charge in [0.25, 0.3) is 0 Å². The van der Waals surface area contributed by atoms with Gasteiger partial charge >= 0.3 is 0 Å². The standard InChI is InChI=1S/C16H19FN4/c17-13-5-2-1-4-12(13)15-14(19-9-3-8-18)10-20-16(21-15)11-6-7-11/h1-2,4-5,10-11,19H,3,6-9,18H2. The van der Waals surface area contributed by atoms with Crippen molar-refractivity contribution >= 4 is 5.69 Å². The van der Waals surface area contributed by atoms with Crippen molar-refractivity contribution in [3.8, 4) is 11.3 Å². The van der Waals surface area contributed by atoms with Crippen LogP contribution in [0.2, 0.25) is 0 Å². The van der Waals surface area contributed by atoms with Crippen molar-refractivity contribution < 1.29 is 4.39 Å². The van der Waals surface area contributed by atoms with Crippen LogP contribution < -0.4 is 11.1 Å². The lowest BCUT2D eigenvalue weighted by molar-refractivity contribution is 0.630. The number of nitrogens with zero attached hydrogens (tertiary/aromatic N) is 2. The first-order chi connectivity index (χ1) is 10.3. The van der Waals surface area contributed by atoms with E-state index in [4.69, 9.17) is 5.73 Å². The van der Waals surface area contributed by atoms with Crippen LogP contribution in [0.3, 0.4) is 0 Å². The van der Waals surface area contributed by atoms with E-state index >= 15 is 0 Å². The third-order valence-corrected chi connectivity index (χ3v) is 3.58. The Morgan fingerprint density at radius 2 is 2.10 bits per heavy atom. The van der Waals surface area contributed by atoms with Crippen LogP contribution in [0.25, 0.3) is 11.3 Å². The average molecular weight is 286 g/mol. The van der Waals surface area contributed by atoms with Crippen LogP contribution in [0.4, 0.5) is 10.1 Å². The average Bonchev–Trinajstić information content (AvgIpc) is 3.33. The molecule has 1 aliphatic rings. The Morgan fingerprint density at radius 1 is 1.29 bits per heavy atom. The zero-order valence-corrected chi connectivity index (χ0v) is 11.8. The molecule has 3 rings (SSSR count). The van der Waals surface area contributed by atoms with Gasteiger partial charge in [0, 0.05) is 18.0 Å². The minimum atomic E-state index is -0.264. The lowest BCUT2D eigenvalue weighted by Gasteiger charge is -2.12. The van der Waals surface area contributed by atoms with Gasteiger partial charge in [0.05, 0.1) is 11.9 Å². The van der Waals surface area contributed by atoms with Gasteiger partial charge in [-0.05, 0) is 37.9 Å². The van der Waals surface area contributed by atoms with Gasteiger partial charge in [-0.2, -0.15) is 0 Å². The Kier molecular flexibility index (Phi) is 4.10. The van der Waals surface area contributed by atoms with E-state index in [9.17, 15) is 4.39 Å². The van der Waals surface area contributed by atoms with Crippen LogP contribution in [-0.4, -0.2) is 23.1 Å². The molecule has 0 saturated heterocycles. The first kappa shape index (κ1) is 13.9. The zero-order chi connectivity index (χ0) is 14.7. The minimum Gasteiger partial charge on any atom is -0.382 e. The largest absolute Gasteiger partial charge is 0.382 e. The molecule has 0 aliphatic heterocycles. The predicted molar refractivity (Wildman–Crippen MR) is 81.6 cm³/mol. The molecule has 1 aromatic heterocycles. The van der Waals surface area contributed by atoms with Gasteiger partial charge < -0.3 is 11.1 Å². The molecule has 21 heavy (non-hydrogen) atoms. The van der Waals surface area contributed by atoms with Gasteiger partial charge in [-0.25, -0.2) is 14.4 Å². The van der Waals surface area contributed by atoms with Crippen LogP contribution in [0.15, 0.2) is 30.5 Å². The molecular weight excluding hydrogens is 267 g/mol. The molecule has 1 saturated carbocycles. The zero-order valence-electron chi connectivity index (χ0n) is 11.8. The van der Waals surface area contributed by atoms with E-state index in [2.05, 4.69) is 15.3 Å². The molecular formula is C16H19FN4. The molecule has 0 spiro atoms. The lowest BCUT2D eigenvalue weighted by Crippen LogP contribution is -2.10. The van der Waals surface area contributed by atoms with E-state index in [0.717, 1.165) is 37.3 Å². The highest BCUT2D eigenvalue weighted by Crippen LogP contribution is 2.39. The van der Waals surface area contributed by atoms with Gasteiger partial charge in [-0.1, -0.05) is 12.1 Å². The Balaban J connectivity index is 1.97. The Morgan fingerprint density at radius 3 is 2.81 bits per heavy atom. The summed E-state index contributed by atoms with van der Waals surface area (Å²) in [6.07, 6.45) is 4.85. The Hall–Kier alpha value is -2.01. The number of nitrogens with one attached hydrogen (secondary N) is 1. The molecule has 4 nitrogen and oxygen atoms in total. The first-order valence-corrected chi connectivity index (χ1v) is 7.35. The van der Waals surface area contributed by atoms with Crippen molar-refractivity contribution in [2.45, 2.75) is 25.2 Å². The van der Waals surface area contributed by atoms with E-state index in [-0.39, 0.29) is 5.82 Å². The van der Waals surface area contributed by atoms with Gasteiger partial charge in [-0.3, -0.25) is 0 Å². The minimum absolute atomic E-state index is 0.264. The third-order valence-electron chi connectivity index (χ3n) is 3.58. The number of halogens is 1. The van der Waals surface area contributed by atoms with Gasteiger partial charge in [0.2, 0.25) is 0 Å². The second kappa shape index (κ2) is 6.18. The number of benzene rings is 1. The highest BCUT2D eigenvalue weighted by atomic mass is 19.1. The summed E-state index contributed by atoms with van der Waals surface area (Å²) in [5.41, 5.74) is 7.42. The Labute approximate surface area is 123 Å². The Bertz CT molecular complexity index is 625. The van der Waals surface area contributed by atoms with E-state index in [1.807, 2.05) is 6.07 Å². The second-order valence-corrected chi connectivity index (χ2v) is 5.31. The normalized spacial score (nSPS) is 14.2. The lowest BCUT2D eigenvalue weighted by atomic mass is 10.1. The molecule has 0 amide bonds. The molecule has 2 aromatic rings. The van der Waals surface area contributed by atoms with Gasteiger partial charge in [0.15, 0.2) is 0 Å². The molecule has 1 fully saturated rings. The van der Waals surface area contributed by atoms with Crippen molar-refractivity contribution in [2.75, 3.05) is 18.4 Å². The van der Waals surface area contributed by atoms with E-state index in [1.54, 1.807) is 18.3 Å². The first-order valence-electron chi connectivity index (χ1n) is 7.35. The highest BCUT2D eigenvalue weighted by Gasteiger charge is 2.27. The predicted octanol–water partition coefficient (Wildman–Crippen LogP) is 2.92. The van der Waals surface area contributed by atoms with Crippen molar-refractivity contribution in [2.24, 2.45) is 5.73 Å². The van der Waals surface area contributed by atoms with Crippen molar-refractivity contribution in [3.63, 3.8) is 0 Å². The number of rotatable bonds is 6. The summed E-state index contributed by atoms with van der Waals surface area (Å²) in [4.78, 5) is 9.01. The summed E-state index contributed by atoms with van der Waals surface area (Å²) >= 11 is 0. The molecule has 0 bridgehead atoms. The maximum atomic E-state index is 14.1. The number of hydrogen-bond acceptors (Lipinski definition) is 4. The van der Waals surface area contributed by atoms with Crippen LogP contribution in [-0.2, 0) is 0 Å². The summed E-state index contributed by atoms with van der Waals surface area (Å²) in [6, 6.07) is 6.71. The molecule has 5 heteroatoms. The summed E-state index contributed by atoms with van der Waals surface area (Å²) in [7, 11) is 0. The summed E-state index contributed by atoms with van der Waals surface area (Å²) < 4.78 is 14.1. The molecule has 1 heterocycles. The summed E-state index contributed by atoms with van der Waals surface area (Å²) in [6.45, 7) is 1.34. The number of nitrogens with two attached hydrogens (primary N) is 1. The number of aromatic nitrogens is 2. The molecule has 1 aliphatic carbocycles. The van der Waals surface area contributed by atoms with Crippen LogP contribution in [0.1, 0.15) is 31.0 Å². The van der Waals surface area contributed by atoms with Crippen molar-refractivity contribution in [1.82, 2.24) is 9.97 Å². The quantitative estimate of drug-likeness (QED) is 0.801. The molecule has 1 aromatic carbocycles.